The zero-order valence-corrected chi connectivity index (χ0v) is 14.1. The van der Waals surface area contributed by atoms with E-state index in [0.29, 0.717) is 11.5 Å². The van der Waals surface area contributed by atoms with Crippen molar-refractivity contribution < 1.29 is 4.74 Å². The van der Waals surface area contributed by atoms with Gasteiger partial charge in [0.15, 0.2) is 0 Å². The maximum Gasteiger partial charge on any atom is 0.119 e. The molecule has 0 heterocycles. The molecule has 2 heteroatoms. The highest BCUT2D eigenvalue weighted by Crippen LogP contribution is 2.38. The first-order chi connectivity index (χ1) is 9.99. The van der Waals surface area contributed by atoms with Crippen LogP contribution in [0.2, 0.25) is 0 Å². The number of hydrogen-bond acceptors (Lipinski definition) is 2. The molecule has 0 unspecified atom stereocenters. The minimum atomic E-state index is 0.462. The number of nitrogens with one attached hydrogen (secondary N) is 1. The molecule has 118 valence electrons. The molecule has 1 aromatic rings. The Morgan fingerprint density at radius 3 is 2.19 bits per heavy atom. The van der Waals surface area contributed by atoms with Crippen molar-refractivity contribution in [2.75, 3.05) is 11.9 Å². The number of hydrogen-bond donors (Lipinski definition) is 1. The van der Waals surface area contributed by atoms with E-state index in [1.54, 1.807) is 0 Å². The monoisotopic (exact) mass is 289 g/mol. The molecule has 1 aromatic carbocycles. The quantitative estimate of drug-likeness (QED) is 0.773. The first-order valence-corrected chi connectivity index (χ1v) is 8.48. The van der Waals surface area contributed by atoms with Crippen molar-refractivity contribution in [1.82, 2.24) is 0 Å². The number of ether oxygens (including phenoxy) is 1. The highest BCUT2D eigenvalue weighted by Gasteiger charge is 2.29. The van der Waals surface area contributed by atoms with Crippen molar-refractivity contribution in [3.63, 3.8) is 0 Å². The number of anilines is 1. The van der Waals surface area contributed by atoms with Gasteiger partial charge >= 0.3 is 0 Å². The second-order valence-electron chi connectivity index (χ2n) is 7.43. The third kappa shape index (κ3) is 4.94. The Hall–Kier alpha value is -1.18. The molecule has 1 aliphatic carbocycles. The molecular weight excluding hydrogens is 258 g/mol. The Bertz CT molecular complexity index is 410. The fourth-order valence-corrected chi connectivity index (χ4v) is 3.21. The summed E-state index contributed by atoms with van der Waals surface area (Å²) in [4.78, 5) is 0. The lowest BCUT2D eigenvalue weighted by Crippen LogP contribution is -2.31. The van der Waals surface area contributed by atoms with Crippen LogP contribution < -0.4 is 10.1 Å². The molecule has 0 atom stereocenters. The van der Waals surface area contributed by atoms with Gasteiger partial charge in [-0.25, -0.2) is 0 Å². The zero-order chi connectivity index (χ0) is 15.3. The van der Waals surface area contributed by atoms with Crippen molar-refractivity contribution in [3.05, 3.63) is 24.3 Å². The molecular formula is C19H31NO. The first kappa shape index (κ1) is 16.2. The van der Waals surface area contributed by atoms with Gasteiger partial charge in [0.25, 0.3) is 0 Å². The van der Waals surface area contributed by atoms with Gasteiger partial charge in [-0.1, -0.05) is 27.7 Å². The van der Waals surface area contributed by atoms with Crippen LogP contribution in [0.4, 0.5) is 5.69 Å². The van der Waals surface area contributed by atoms with E-state index in [1.165, 1.54) is 31.4 Å². The summed E-state index contributed by atoms with van der Waals surface area (Å²) in [5, 5.41) is 3.68. The van der Waals surface area contributed by atoms with Crippen LogP contribution in [0.25, 0.3) is 0 Å². The molecule has 0 bridgehead atoms. The van der Waals surface area contributed by atoms with E-state index in [-0.39, 0.29) is 0 Å². The van der Waals surface area contributed by atoms with Gasteiger partial charge in [-0.3, -0.25) is 0 Å². The Kier molecular flexibility index (Phi) is 5.55. The average molecular weight is 289 g/mol. The van der Waals surface area contributed by atoms with Gasteiger partial charge in [-0.2, -0.15) is 0 Å². The van der Waals surface area contributed by atoms with Gasteiger partial charge in [-0.15, -0.1) is 0 Å². The summed E-state index contributed by atoms with van der Waals surface area (Å²) >= 11 is 0. The van der Waals surface area contributed by atoms with Gasteiger partial charge in [0, 0.05) is 11.7 Å². The molecule has 21 heavy (non-hydrogen) atoms. The van der Waals surface area contributed by atoms with Crippen LogP contribution >= 0.6 is 0 Å². The van der Waals surface area contributed by atoms with Gasteiger partial charge in [0.1, 0.15) is 5.75 Å². The van der Waals surface area contributed by atoms with Crippen LogP contribution in [-0.2, 0) is 0 Å². The molecule has 1 saturated carbocycles. The molecule has 2 nitrogen and oxygen atoms in total. The second-order valence-corrected chi connectivity index (χ2v) is 7.43. The number of benzene rings is 1. The van der Waals surface area contributed by atoms with E-state index in [9.17, 15) is 0 Å². The van der Waals surface area contributed by atoms with Gasteiger partial charge < -0.3 is 10.1 Å². The molecule has 0 saturated heterocycles. The van der Waals surface area contributed by atoms with Crippen molar-refractivity contribution in [2.24, 2.45) is 11.3 Å². The molecule has 1 fully saturated rings. The molecule has 1 N–H and O–H groups in total. The van der Waals surface area contributed by atoms with Crippen LogP contribution in [0.15, 0.2) is 24.3 Å². The molecule has 0 aliphatic heterocycles. The summed E-state index contributed by atoms with van der Waals surface area (Å²) in [6.45, 7) is 10.1. The summed E-state index contributed by atoms with van der Waals surface area (Å²) < 4.78 is 5.62. The molecule has 0 spiro atoms. The topological polar surface area (TPSA) is 21.3 Å². The van der Waals surface area contributed by atoms with E-state index in [1.807, 2.05) is 0 Å². The Morgan fingerprint density at radius 1 is 1.05 bits per heavy atom. The zero-order valence-electron chi connectivity index (χ0n) is 14.1. The highest BCUT2D eigenvalue weighted by atomic mass is 16.5. The van der Waals surface area contributed by atoms with E-state index < -0.39 is 0 Å². The number of rotatable bonds is 5. The average Bonchev–Trinajstić information content (AvgIpc) is 2.46. The summed E-state index contributed by atoms with van der Waals surface area (Å²) in [6, 6.07) is 9.05. The van der Waals surface area contributed by atoms with Crippen molar-refractivity contribution >= 4 is 5.69 Å². The predicted octanol–water partition coefficient (Wildman–Crippen LogP) is 5.49. The van der Waals surface area contributed by atoms with E-state index in [4.69, 9.17) is 4.74 Å². The van der Waals surface area contributed by atoms with Crippen molar-refractivity contribution in [3.8, 4) is 5.75 Å². The van der Waals surface area contributed by atoms with Crippen LogP contribution in [-0.4, -0.2) is 12.6 Å². The fraction of sp³-hybridized carbons (Fsp3) is 0.684. The maximum absolute atomic E-state index is 5.62. The van der Waals surface area contributed by atoms with Crippen LogP contribution in [0, 0.1) is 11.3 Å². The van der Waals surface area contributed by atoms with E-state index >= 15 is 0 Å². The Morgan fingerprint density at radius 2 is 1.67 bits per heavy atom. The van der Waals surface area contributed by atoms with Crippen molar-refractivity contribution in [2.45, 2.75) is 65.8 Å². The first-order valence-electron chi connectivity index (χ1n) is 8.48. The minimum Gasteiger partial charge on any atom is -0.494 e. The smallest absolute Gasteiger partial charge is 0.119 e. The molecule has 0 radical (unpaired) electrons. The highest BCUT2D eigenvalue weighted by molar-refractivity contribution is 5.47. The third-order valence-corrected chi connectivity index (χ3v) is 4.65. The summed E-state index contributed by atoms with van der Waals surface area (Å²) in [5.74, 6) is 1.85. The predicted molar refractivity (Wildman–Crippen MR) is 91.1 cm³/mol. The molecule has 2 rings (SSSR count). The standard InChI is InChI=1S/C19H31NO/c1-5-14-21-18-12-10-17(11-13-18)20-16-8-6-15(7-9-16)19(2,3)4/h10-13,15-16,20H,5-9,14H2,1-4H3. The molecule has 0 amide bonds. The van der Waals surface area contributed by atoms with E-state index in [0.717, 1.165) is 24.7 Å². The van der Waals surface area contributed by atoms with Crippen LogP contribution in [0.3, 0.4) is 0 Å². The van der Waals surface area contributed by atoms with Crippen LogP contribution in [0.5, 0.6) is 5.75 Å². The second kappa shape index (κ2) is 7.20. The lowest BCUT2D eigenvalue weighted by atomic mass is 9.71. The van der Waals surface area contributed by atoms with Gasteiger partial charge in [0.2, 0.25) is 0 Å². The Labute approximate surface area is 130 Å². The summed E-state index contributed by atoms with van der Waals surface area (Å²) in [6.07, 6.45) is 6.32. The largest absolute Gasteiger partial charge is 0.494 e. The van der Waals surface area contributed by atoms with Crippen molar-refractivity contribution in [1.29, 1.82) is 0 Å². The molecule has 1 aliphatic rings. The minimum absolute atomic E-state index is 0.462. The maximum atomic E-state index is 5.62. The van der Waals surface area contributed by atoms with Gasteiger partial charge in [0.05, 0.1) is 6.61 Å². The lowest BCUT2D eigenvalue weighted by Gasteiger charge is -2.37. The van der Waals surface area contributed by atoms with E-state index in [2.05, 4.69) is 57.3 Å². The molecule has 0 aromatic heterocycles. The fourth-order valence-electron chi connectivity index (χ4n) is 3.21. The SMILES string of the molecule is CCCOc1ccc(NC2CCC(C(C)(C)C)CC2)cc1. The normalized spacial score (nSPS) is 22.9. The summed E-state index contributed by atoms with van der Waals surface area (Å²) in [7, 11) is 0. The summed E-state index contributed by atoms with van der Waals surface area (Å²) in [5.41, 5.74) is 1.68. The van der Waals surface area contributed by atoms with Gasteiger partial charge in [-0.05, 0) is 67.7 Å². The van der Waals surface area contributed by atoms with Crippen LogP contribution in [0.1, 0.15) is 59.8 Å². The Balaban J connectivity index is 1.80. The lowest BCUT2D eigenvalue weighted by molar-refractivity contribution is 0.173. The third-order valence-electron chi connectivity index (χ3n) is 4.65.